The van der Waals surface area contributed by atoms with Crippen molar-refractivity contribution in [2.24, 2.45) is 18.2 Å². The van der Waals surface area contributed by atoms with E-state index >= 15 is 0 Å². The zero-order chi connectivity index (χ0) is 11.8. The molecule has 0 bridgehead atoms. The lowest BCUT2D eigenvalue weighted by Crippen LogP contribution is -2.27. The van der Waals surface area contributed by atoms with Crippen molar-refractivity contribution in [3.8, 4) is 0 Å². The average molecular weight is 217 g/mol. The third kappa shape index (κ3) is 1.95. The third-order valence-electron chi connectivity index (χ3n) is 3.06. The molecule has 1 aromatic heterocycles. The Morgan fingerprint density at radius 1 is 1.31 bits per heavy atom. The molecule has 0 radical (unpaired) electrons. The Hall–Kier alpha value is -1.35. The summed E-state index contributed by atoms with van der Waals surface area (Å²) in [6.45, 7) is 5.07. The Labute approximate surface area is 96.2 Å². The van der Waals surface area contributed by atoms with Crippen molar-refractivity contribution in [3.63, 3.8) is 0 Å². The van der Waals surface area contributed by atoms with Gasteiger partial charge in [-0.1, -0.05) is 32.0 Å². The number of aromatic nitrogens is 2. The smallest absolute Gasteiger partial charge is 0.0926 e. The number of nitrogens with two attached hydrogens (primary N) is 1. The summed E-state index contributed by atoms with van der Waals surface area (Å²) in [5.41, 5.74) is 8.24. The molecule has 0 aliphatic rings. The van der Waals surface area contributed by atoms with E-state index < -0.39 is 0 Å². The zero-order valence-electron chi connectivity index (χ0n) is 10.2. The lowest BCUT2D eigenvalue weighted by atomic mass is 9.87. The minimum atomic E-state index is 0.122. The predicted octanol–water partition coefficient (Wildman–Crippen LogP) is 2.10. The van der Waals surface area contributed by atoms with Crippen LogP contribution in [-0.2, 0) is 13.5 Å². The Morgan fingerprint density at radius 2 is 2.00 bits per heavy atom. The summed E-state index contributed by atoms with van der Waals surface area (Å²) in [4.78, 5) is 0. The highest BCUT2D eigenvalue weighted by Gasteiger charge is 2.20. The van der Waals surface area contributed by atoms with E-state index in [0.29, 0.717) is 6.54 Å². The molecule has 0 unspecified atom stereocenters. The fraction of sp³-hybridized carbons (Fsp3) is 0.462. The van der Waals surface area contributed by atoms with E-state index in [-0.39, 0.29) is 5.41 Å². The minimum Gasteiger partial charge on any atom is -0.330 e. The van der Waals surface area contributed by atoms with Gasteiger partial charge in [-0.15, -0.1) is 0 Å². The molecule has 2 N–H and O–H groups in total. The number of aryl methyl sites for hydroxylation is 1. The van der Waals surface area contributed by atoms with Gasteiger partial charge in [-0.25, -0.2) is 0 Å². The van der Waals surface area contributed by atoms with Crippen molar-refractivity contribution in [2.75, 3.05) is 6.54 Å². The molecule has 0 fully saturated rings. The van der Waals surface area contributed by atoms with Gasteiger partial charge in [0.25, 0.3) is 0 Å². The second-order valence-electron chi connectivity index (χ2n) is 5.13. The van der Waals surface area contributed by atoms with Crippen LogP contribution in [-0.4, -0.2) is 16.3 Å². The maximum Gasteiger partial charge on any atom is 0.0926 e. The monoisotopic (exact) mass is 217 g/mol. The van der Waals surface area contributed by atoms with Crippen LogP contribution >= 0.6 is 0 Å². The molecule has 0 aliphatic heterocycles. The van der Waals surface area contributed by atoms with Gasteiger partial charge in [0.2, 0.25) is 0 Å². The quantitative estimate of drug-likeness (QED) is 0.855. The van der Waals surface area contributed by atoms with Crippen LogP contribution in [0.15, 0.2) is 24.3 Å². The average Bonchev–Trinajstić information content (AvgIpc) is 2.56. The Kier molecular flexibility index (Phi) is 2.72. The van der Waals surface area contributed by atoms with Crippen LogP contribution in [0.5, 0.6) is 0 Å². The van der Waals surface area contributed by atoms with Gasteiger partial charge in [0.15, 0.2) is 0 Å². The highest BCUT2D eigenvalue weighted by molar-refractivity contribution is 5.81. The van der Waals surface area contributed by atoms with Crippen molar-refractivity contribution in [1.82, 2.24) is 9.78 Å². The topological polar surface area (TPSA) is 43.8 Å². The zero-order valence-corrected chi connectivity index (χ0v) is 10.2. The predicted molar refractivity (Wildman–Crippen MR) is 67.3 cm³/mol. The molecular formula is C13H19N3. The number of hydrogen-bond acceptors (Lipinski definition) is 2. The molecule has 0 saturated heterocycles. The van der Waals surface area contributed by atoms with Gasteiger partial charge in [-0.2, -0.15) is 5.10 Å². The summed E-state index contributed by atoms with van der Waals surface area (Å²) in [5.74, 6) is 0. The van der Waals surface area contributed by atoms with E-state index in [4.69, 9.17) is 5.73 Å². The second kappa shape index (κ2) is 3.91. The first-order chi connectivity index (χ1) is 7.53. The molecule has 2 aromatic rings. The van der Waals surface area contributed by atoms with Gasteiger partial charge in [0.1, 0.15) is 0 Å². The molecule has 0 atom stereocenters. The summed E-state index contributed by atoms with van der Waals surface area (Å²) >= 11 is 0. The highest BCUT2D eigenvalue weighted by atomic mass is 15.3. The Balaban J connectivity index is 2.47. The molecule has 0 spiro atoms. The standard InChI is InChI=1S/C13H19N3/c1-13(2,9-14)8-12-10-6-4-5-7-11(10)15-16(12)3/h4-7H,8-9,14H2,1-3H3. The van der Waals surface area contributed by atoms with Crippen LogP contribution in [0.3, 0.4) is 0 Å². The van der Waals surface area contributed by atoms with Gasteiger partial charge in [-0.3, -0.25) is 4.68 Å². The molecule has 0 amide bonds. The number of hydrogen-bond donors (Lipinski definition) is 1. The molecule has 3 heteroatoms. The van der Waals surface area contributed by atoms with Crippen LogP contribution in [0.4, 0.5) is 0 Å². The maximum absolute atomic E-state index is 5.79. The van der Waals surface area contributed by atoms with Gasteiger partial charge in [0.05, 0.1) is 5.52 Å². The molecule has 2 rings (SSSR count). The van der Waals surface area contributed by atoms with Crippen molar-refractivity contribution in [1.29, 1.82) is 0 Å². The van der Waals surface area contributed by atoms with E-state index in [2.05, 4.69) is 31.1 Å². The van der Waals surface area contributed by atoms with Gasteiger partial charge in [-0.05, 0) is 24.4 Å². The fourth-order valence-electron chi connectivity index (χ4n) is 1.94. The van der Waals surface area contributed by atoms with Crippen molar-refractivity contribution >= 4 is 10.9 Å². The summed E-state index contributed by atoms with van der Waals surface area (Å²) in [6, 6.07) is 8.26. The summed E-state index contributed by atoms with van der Waals surface area (Å²) in [7, 11) is 2.00. The fourth-order valence-corrected chi connectivity index (χ4v) is 1.94. The van der Waals surface area contributed by atoms with E-state index in [1.807, 2.05) is 23.9 Å². The van der Waals surface area contributed by atoms with E-state index in [1.165, 1.54) is 11.1 Å². The summed E-state index contributed by atoms with van der Waals surface area (Å²) in [5, 5.41) is 5.75. The van der Waals surface area contributed by atoms with E-state index in [0.717, 1.165) is 11.9 Å². The van der Waals surface area contributed by atoms with Crippen LogP contribution in [0.2, 0.25) is 0 Å². The minimum absolute atomic E-state index is 0.122. The second-order valence-corrected chi connectivity index (χ2v) is 5.13. The van der Waals surface area contributed by atoms with Crippen LogP contribution in [0.1, 0.15) is 19.5 Å². The van der Waals surface area contributed by atoms with E-state index in [1.54, 1.807) is 0 Å². The normalized spacial score (nSPS) is 12.2. The number of nitrogens with zero attached hydrogens (tertiary/aromatic N) is 2. The van der Waals surface area contributed by atoms with E-state index in [9.17, 15) is 0 Å². The molecule has 1 heterocycles. The first kappa shape index (κ1) is 11.1. The molecule has 1 aromatic carbocycles. The molecule has 0 saturated carbocycles. The number of rotatable bonds is 3. The molecule has 86 valence electrons. The van der Waals surface area contributed by atoms with Crippen LogP contribution < -0.4 is 5.73 Å². The molecule has 3 nitrogen and oxygen atoms in total. The van der Waals surface area contributed by atoms with Crippen molar-refractivity contribution in [3.05, 3.63) is 30.0 Å². The largest absolute Gasteiger partial charge is 0.330 e. The Bertz CT molecular complexity index is 497. The van der Waals surface area contributed by atoms with Gasteiger partial charge in [0, 0.05) is 18.1 Å². The number of benzene rings is 1. The van der Waals surface area contributed by atoms with Crippen LogP contribution in [0, 0.1) is 5.41 Å². The summed E-state index contributed by atoms with van der Waals surface area (Å²) < 4.78 is 1.97. The van der Waals surface area contributed by atoms with Crippen LogP contribution in [0.25, 0.3) is 10.9 Å². The SMILES string of the molecule is Cn1nc2ccccc2c1CC(C)(C)CN. The molecule has 0 aliphatic carbocycles. The lowest BCUT2D eigenvalue weighted by Gasteiger charge is -2.22. The number of fused-ring (bicyclic) bond motifs is 1. The molecular weight excluding hydrogens is 198 g/mol. The van der Waals surface area contributed by atoms with Crippen molar-refractivity contribution < 1.29 is 0 Å². The van der Waals surface area contributed by atoms with Crippen molar-refractivity contribution in [2.45, 2.75) is 20.3 Å². The Morgan fingerprint density at radius 3 is 2.69 bits per heavy atom. The maximum atomic E-state index is 5.79. The first-order valence-electron chi connectivity index (χ1n) is 5.64. The third-order valence-corrected chi connectivity index (χ3v) is 3.06. The highest BCUT2D eigenvalue weighted by Crippen LogP contribution is 2.25. The van der Waals surface area contributed by atoms with Gasteiger partial charge < -0.3 is 5.73 Å². The van der Waals surface area contributed by atoms with Gasteiger partial charge >= 0.3 is 0 Å². The lowest BCUT2D eigenvalue weighted by molar-refractivity contribution is 0.367. The molecule has 16 heavy (non-hydrogen) atoms. The summed E-state index contributed by atoms with van der Waals surface area (Å²) in [6.07, 6.45) is 0.959. The first-order valence-corrected chi connectivity index (χ1v) is 5.64.